The first-order chi connectivity index (χ1) is 11.3. The van der Waals surface area contributed by atoms with Gasteiger partial charge in [0, 0.05) is 0 Å². The molecule has 0 heterocycles. The Balaban J connectivity index is 1.91. The molecule has 0 amide bonds. The SMILES string of the molecule is CC(Oc1ccc(OCc2ccc(C(F)(F)F)cc2)cc1)C(=O)O. The molecule has 2 rings (SSSR count). The molecular weight excluding hydrogens is 325 g/mol. The van der Waals surface area contributed by atoms with Crippen molar-refractivity contribution < 1.29 is 32.5 Å². The van der Waals surface area contributed by atoms with Crippen LogP contribution in [0.2, 0.25) is 0 Å². The maximum absolute atomic E-state index is 12.5. The third kappa shape index (κ3) is 4.91. The van der Waals surface area contributed by atoms with Crippen molar-refractivity contribution in [2.45, 2.75) is 25.8 Å². The summed E-state index contributed by atoms with van der Waals surface area (Å²) < 4.78 is 48.1. The molecule has 2 aromatic rings. The largest absolute Gasteiger partial charge is 0.489 e. The van der Waals surface area contributed by atoms with Crippen LogP contribution in [0.3, 0.4) is 0 Å². The molecule has 1 atom stereocenters. The van der Waals surface area contributed by atoms with Gasteiger partial charge in [-0.15, -0.1) is 0 Å². The molecule has 24 heavy (non-hydrogen) atoms. The highest BCUT2D eigenvalue weighted by Gasteiger charge is 2.29. The van der Waals surface area contributed by atoms with Crippen molar-refractivity contribution in [3.8, 4) is 11.5 Å². The summed E-state index contributed by atoms with van der Waals surface area (Å²) in [6, 6.07) is 11.0. The molecule has 0 radical (unpaired) electrons. The fourth-order valence-corrected chi connectivity index (χ4v) is 1.83. The molecule has 0 saturated heterocycles. The number of rotatable bonds is 6. The van der Waals surface area contributed by atoms with Crippen LogP contribution in [0.4, 0.5) is 13.2 Å². The molecule has 0 aliphatic carbocycles. The minimum atomic E-state index is -4.36. The lowest BCUT2D eigenvalue weighted by molar-refractivity contribution is -0.144. The first-order valence-electron chi connectivity index (χ1n) is 7.04. The lowest BCUT2D eigenvalue weighted by atomic mass is 10.1. The van der Waals surface area contributed by atoms with Gasteiger partial charge in [-0.25, -0.2) is 4.79 Å². The van der Waals surface area contributed by atoms with Gasteiger partial charge in [0.15, 0.2) is 6.10 Å². The van der Waals surface area contributed by atoms with Gasteiger partial charge in [-0.3, -0.25) is 0 Å². The third-order valence-corrected chi connectivity index (χ3v) is 3.17. The maximum Gasteiger partial charge on any atom is 0.416 e. The van der Waals surface area contributed by atoms with Crippen molar-refractivity contribution in [3.63, 3.8) is 0 Å². The zero-order chi connectivity index (χ0) is 17.7. The quantitative estimate of drug-likeness (QED) is 0.859. The fourth-order valence-electron chi connectivity index (χ4n) is 1.83. The number of carboxylic acids is 1. The minimum Gasteiger partial charge on any atom is -0.489 e. The first kappa shape index (κ1) is 17.7. The molecule has 0 saturated carbocycles. The van der Waals surface area contributed by atoms with E-state index < -0.39 is 23.8 Å². The maximum atomic E-state index is 12.5. The van der Waals surface area contributed by atoms with Crippen LogP contribution < -0.4 is 9.47 Å². The molecule has 1 N–H and O–H groups in total. The van der Waals surface area contributed by atoms with E-state index in [0.717, 1.165) is 12.1 Å². The lowest BCUT2D eigenvalue weighted by Crippen LogP contribution is -2.22. The normalized spacial score (nSPS) is 12.5. The van der Waals surface area contributed by atoms with E-state index in [9.17, 15) is 18.0 Å². The Morgan fingerprint density at radius 2 is 1.58 bits per heavy atom. The van der Waals surface area contributed by atoms with E-state index in [4.69, 9.17) is 14.6 Å². The van der Waals surface area contributed by atoms with Crippen LogP contribution in [0.15, 0.2) is 48.5 Å². The van der Waals surface area contributed by atoms with E-state index in [2.05, 4.69) is 0 Å². The van der Waals surface area contributed by atoms with Gasteiger partial charge in [0.25, 0.3) is 0 Å². The predicted octanol–water partition coefficient (Wildman–Crippen LogP) is 4.14. The Labute approximate surface area is 136 Å². The molecule has 4 nitrogen and oxygen atoms in total. The number of carbonyl (C=O) groups is 1. The summed E-state index contributed by atoms with van der Waals surface area (Å²) in [5.74, 6) is -0.199. The van der Waals surface area contributed by atoms with Crippen LogP contribution in [0.25, 0.3) is 0 Å². The van der Waals surface area contributed by atoms with Crippen LogP contribution in [0.5, 0.6) is 11.5 Å². The summed E-state index contributed by atoms with van der Waals surface area (Å²) in [6.07, 6.45) is -5.33. The second-order valence-corrected chi connectivity index (χ2v) is 5.05. The van der Waals surface area contributed by atoms with Gasteiger partial charge in [0.05, 0.1) is 5.56 Å². The van der Waals surface area contributed by atoms with Gasteiger partial charge in [0.2, 0.25) is 0 Å². The molecule has 7 heteroatoms. The number of carboxylic acid groups (broad SMARTS) is 1. The molecule has 0 aromatic heterocycles. The number of halogens is 3. The summed E-state index contributed by atoms with van der Waals surface area (Å²) in [5.41, 5.74) is -0.108. The Morgan fingerprint density at radius 1 is 1.04 bits per heavy atom. The number of hydrogen-bond donors (Lipinski definition) is 1. The van der Waals surface area contributed by atoms with Gasteiger partial charge in [-0.2, -0.15) is 13.2 Å². The Bertz CT molecular complexity index is 678. The molecule has 128 valence electrons. The van der Waals surface area contributed by atoms with E-state index in [0.29, 0.717) is 17.1 Å². The molecule has 0 spiro atoms. The van der Waals surface area contributed by atoms with E-state index >= 15 is 0 Å². The predicted molar refractivity (Wildman–Crippen MR) is 79.9 cm³/mol. The number of hydrogen-bond acceptors (Lipinski definition) is 3. The van der Waals surface area contributed by atoms with Crippen LogP contribution in [-0.4, -0.2) is 17.2 Å². The van der Waals surface area contributed by atoms with E-state index in [-0.39, 0.29) is 6.61 Å². The molecular formula is C17H15F3O4. The van der Waals surface area contributed by atoms with Crippen molar-refractivity contribution >= 4 is 5.97 Å². The molecule has 0 fully saturated rings. The summed E-state index contributed by atoms with van der Waals surface area (Å²) in [5, 5.41) is 8.76. The monoisotopic (exact) mass is 340 g/mol. The van der Waals surface area contributed by atoms with Crippen molar-refractivity contribution in [2.75, 3.05) is 0 Å². The van der Waals surface area contributed by atoms with E-state index in [1.165, 1.54) is 19.1 Å². The van der Waals surface area contributed by atoms with E-state index in [1.807, 2.05) is 0 Å². The van der Waals surface area contributed by atoms with Crippen LogP contribution in [0, 0.1) is 0 Å². The van der Waals surface area contributed by atoms with Crippen molar-refractivity contribution in [1.29, 1.82) is 0 Å². The second kappa shape index (κ2) is 7.25. The highest BCUT2D eigenvalue weighted by atomic mass is 19.4. The van der Waals surface area contributed by atoms with Gasteiger partial charge in [0.1, 0.15) is 18.1 Å². The summed E-state index contributed by atoms with van der Waals surface area (Å²) in [4.78, 5) is 10.7. The number of alkyl halides is 3. The third-order valence-electron chi connectivity index (χ3n) is 3.17. The van der Waals surface area contributed by atoms with Gasteiger partial charge in [-0.05, 0) is 48.9 Å². The van der Waals surface area contributed by atoms with Gasteiger partial charge < -0.3 is 14.6 Å². The second-order valence-electron chi connectivity index (χ2n) is 5.05. The van der Waals surface area contributed by atoms with E-state index in [1.54, 1.807) is 24.3 Å². The number of benzene rings is 2. The fraction of sp³-hybridized carbons (Fsp3) is 0.235. The number of ether oxygens (including phenoxy) is 2. The molecule has 1 unspecified atom stereocenters. The smallest absolute Gasteiger partial charge is 0.416 e. The zero-order valence-electron chi connectivity index (χ0n) is 12.7. The topological polar surface area (TPSA) is 55.8 Å². The number of aliphatic carboxylic acids is 1. The lowest BCUT2D eigenvalue weighted by Gasteiger charge is -2.12. The highest BCUT2D eigenvalue weighted by Crippen LogP contribution is 2.29. The average Bonchev–Trinajstić information content (AvgIpc) is 2.53. The van der Waals surface area contributed by atoms with Gasteiger partial charge >= 0.3 is 12.1 Å². The average molecular weight is 340 g/mol. The molecule has 0 aliphatic heterocycles. The first-order valence-corrected chi connectivity index (χ1v) is 7.04. The Kier molecular flexibility index (Phi) is 5.33. The van der Waals surface area contributed by atoms with Crippen molar-refractivity contribution in [1.82, 2.24) is 0 Å². The molecule has 0 bridgehead atoms. The van der Waals surface area contributed by atoms with Crippen LogP contribution >= 0.6 is 0 Å². The van der Waals surface area contributed by atoms with Crippen molar-refractivity contribution in [2.24, 2.45) is 0 Å². The molecule has 0 aliphatic rings. The summed E-state index contributed by atoms with van der Waals surface area (Å²) in [7, 11) is 0. The zero-order valence-corrected chi connectivity index (χ0v) is 12.7. The highest BCUT2D eigenvalue weighted by molar-refractivity contribution is 5.72. The standard InChI is InChI=1S/C17H15F3O4/c1-11(16(21)22)24-15-8-6-14(7-9-15)23-10-12-2-4-13(5-3-12)17(18,19)20/h2-9,11H,10H2,1H3,(H,21,22). The minimum absolute atomic E-state index is 0.115. The van der Waals surface area contributed by atoms with Gasteiger partial charge in [-0.1, -0.05) is 12.1 Å². The van der Waals surface area contributed by atoms with Crippen molar-refractivity contribution in [3.05, 3.63) is 59.7 Å². The Morgan fingerprint density at radius 3 is 2.08 bits per heavy atom. The van der Waals surface area contributed by atoms with Crippen LogP contribution in [-0.2, 0) is 17.6 Å². The van der Waals surface area contributed by atoms with Crippen LogP contribution in [0.1, 0.15) is 18.1 Å². The molecule has 2 aromatic carbocycles. The summed E-state index contributed by atoms with van der Waals surface area (Å²) in [6.45, 7) is 1.53. The Hall–Kier alpha value is -2.70. The summed E-state index contributed by atoms with van der Waals surface area (Å²) >= 11 is 0.